The van der Waals surface area contributed by atoms with Gasteiger partial charge in [-0.3, -0.25) is 9.59 Å². The van der Waals surface area contributed by atoms with E-state index in [9.17, 15) is 14.7 Å². The van der Waals surface area contributed by atoms with Crippen molar-refractivity contribution in [1.29, 1.82) is 0 Å². The molecule has 2 aliphatic heterocycles. The lowest BCUT2D eigenvalue weighted by atomic mass is 9.95. The zero-order valence-electron chi connectivity index (χ0n) is 18.6. The van der Waals surface area contributed by atoms with Gasteiger partial charge in [0.25, 0.3) is 11.7 Å². The van der Waals surface area contributed by atoms with Crippen molar-refractivity contribution in [3.05, 3.63) is 59.2 Å². The Bertz CT molecular complexity index is 1060. The molecule has 2 heterocycles. The van der Waals surface area contributed by atoms with Crippen LogP contribution in [0.15, 0.2) is 48.0 Å². The molecule has 2 aromatic carbocycles. The van der Waals surface area contributed by atoms with Crippen LogP contribution < -0.4 is 14.4 Å². The Morgan fingerprint density at radius 3 is 2.38 bits per heavy atom. The number of likely N-dealkylation sites (tertiary alicyclic amines) is 1. The van der Waals surface area contributed by atoms with Crippen molar-refractivity contribution in [2.45, 2.75) is 33.2 Å². The van der Waals surface area contributed by atoms with E-state index < -0.39 is 17.7 Å². The maximum Gasteiger partial charge on any atom is 0.295 e. The molecule has 1 atom stereocenters. The van der Waals surface area contributed by atoms with Gasteiger partial charge in [0.1, 0.15) is 5.76 Å². The van der Waals surface area contributed by atoms with Gasteiger partial charge < -0.3 is 24.4 Å². The van der Waals surface area contributed by atoms with Crippen LogP contribution >= 0.6 is 0 Å². The second-order valence-electron chi connectivity index (χ2n) is 7.82. The number of hydrogen-bond donors (Lipinski definition) is 1. The van der Waals surface area contributed by atoms with Crippen LogP contribution in [0.5, 0.6) is 11.5 Å². The van der Waals surface area contributed by atoms with Gasteiger partial charge in [-0.25, -0.2) is 0 Å². The van der Waals surface area contributed by atoms with E-state index in [0.717, 1.165) is 24.3 Å². The minimum atomic E-state index is -0.675. The molecule has 1 fully saturated rings. The lowest BCUT2D eigenvalue weighted by molar-refractivity contribution is -0.139. The summed E-state index contributed by atoms with van der Waals surface area (Å²) < 4.78 is 10.7. The molecule has 1 amide bonds. The average Bonchev–Trinajstić information content (AvgIpc) is 3.38. The largest absolute Gasteiger partial charge is 0.507 e. The number of Topliss-reactive ketones (excluding diaryl/α,β-unsaturated/α-hetero) is 1. The fraction of sp³-hybridized carbons (Fsp3) is 0.360. The molecule has 0 spiro atoms. The van der Waals surface area contributed by atoms with E-state index in [2.05, 4.69) is 18.7 Å². The lowest BCUT2D eigenvalue weighted by Crippen LogP contribution is -2.30. The first-order valence-electron chi connectivity index (χ1n) is 11.0. The van der Waals surface area contributed by atoms with Gasteiger partial charge in [0.15, 0.2) is 11.5 Å². The summed E-state index contributed by atoms with van der Waals surface area (Å²) in [5.74, 6) is -0.398. The Hall–Kier alpha value is -3.48. The second kappa shape index (κ2) is 8.94. The molecule has 0 radical (unpaired) electrons. The van der Waals surface area contributed by atoms with Crippen LogP contribution in [0.25, 0.3) is 5.76 Å². The molecule has 0 saturated carbocycles. The average molecular weight is 437 g/mol. The minimum Gasteiger partial charge on any atom is -0.507 e. The van der Waals surface area contributed by atoms with Crippen molar-refractivity contribution in [1.82, 2.24) is 4.90 Å². The van der Waals surface area contributed by atoms with Crippen molar-refractivity contribution in [3.63, 3.8) is 0 Å². The van der Waals surface area contributed by atoms with Crippen LogP contribution in [-0.4, -0.2) is 48.1 Å². The van der Waals surface area contributed by atoms with E-state index in [-0.39, 0.29) is 18.1 Å². The van der Waals surface area contributed by atoms with Gasteiger partial charge in [-0.05, 0) is 56.2 Å². The summed E-state index contributed by atoms with van der Waals surface area (Å²) in [5, 5.41) is 11.2. The van der Waals surface area contributed by atoms with Gasteiger partial charge in [-0.15, -0.1) is 0 Å². The Balaban J connectivity index is 1.80. The number of amides is 1. The molecule has 0 bridgehead atoms. The van der Waals surface area contributed by atoms with Gasteiger partial charge >= 0.3 is 0 Å². The number of carbonyl (C=O) groups excluding carboxylic acids is 2. The third kappa shape index (κ3) is 3.68. The van der Waals surface area contributed by atoms with Gasteiger partial charge in [0.05, 0.1) is 11.6 Å². The van der Waals surface area contributed by atoms with Crippen LogP contribution in [0.3, 0.4) is 0 Å². The number of anilines is 1. The fourth-order valence-corrected chi connectivity index (χ4v) is 4.35. The molecule has 4 rings (SSSR count). The zero-order valence-corrected chi connectivity index (χ0v) is 18.6. The Labute approximate surface area is 187 Å². The first kappa shape index (κ1) is 21.7. The number of ether oxygens (including phenoxy) is 2. The number of carbonyl (C=O) groups is 2. The second-order valence-corrected chi connectivity index (χ2v) is 7.82. The molecular formula is C25H28N2O5. The molecule has 7 nitrogen and oxygen atoms in total. The number of rotatable bonds is 7. The number of ketones is 1. The van der Waals surface area contributed by atoms with Gasteiger partial charge in [0.2, 0.25) is 6.79 Å². The molecule has 7 heteroatoms. The number of hydrogen-bond acceptors (Lipinski definition) is 6. The van der Waals surface area contributed by atoms with Crippen LogP contribution in [-0.2, 0) is 9.59 Å². The molecule has 1 saturated heterocycles. The summed E-state index contributed by atoms with van der Waals surface area (Å²) in [6.45, 7) is 8.45. The monoisotopic (exact) mass is 436 g/mol. The maximum atomic E-state index is 13.0. The Kier molecular flexibility index (Phi) is 6.08. The van der Waals surface area contributed by atoms with Crippen molar-refractivity contribution in [2.75, 3.05) is 31.3 Å². The first-order chi connectivity index (χ1) is 15.5. The standard InChI is InChI=1S/C25H28N2O5/c1-4-13-27-22(16-7-10-18(11-8-16)26(5-2)6-3)21(24(29)25(27)30)23(28)17-9-12-19-20(14-17)32-15-31-19/h7-12,14,22,28H,4-6,13,15H2,1-3H3/b23-21-. The number of aliphatic hydroxyl groups excluding tert-OH is 1. The number of benzene rings is 2. The van der Waals surface area contributed by atoms with Crippen molar-refractivity contribution < 1.29 is 24.2 Å². The zero-order chi connectivity index (χ0) is 22.8. The number of aliphatic hydroxyl groups is 1. The topological polar surface area (TPSA) is 79.3 Å². The third-order valence-corrected chi connectivity index (χ3v) is 5.99. The van der Waals surface area contributed by atoms with Gasteiger partial charge in [-0.2, -0.15) is 0 Å². The summed E-state index contributed by atoms with van der Waals surface area (Å²) in [4.78, 5) is 29.6. The van der Waals surface area contributed by atoms with Crippen LogP contribution in [0.4, 0.5) is 5.69 Å². The highest BCUT2D eigenvalue weighted by Gasteiger charge is 2.45. The van der Waals surface area contributed by atoms with Crippen LogP contribution in [0.1, 0.15) is 44.4 Å². The van der Waals surface area contributed by atoms with Crippen LogP contribution in [0, 0.1) is 0 Å². The van der Waals surface area contributed by atoms with Gasteiger partial charge in [0, 0.05) is 30.9 Å². The maximum absolute atomic E-state index is 13.0. The molecule has 0 aliphatic carbocycles. The minimum absolute atomic E-state index is 0.0953. The number of nitrogens with zero attached hydrogens (tertiary/aromatic N) is 2. The van der Waals surface area contributed by atoms with E-state index in [4.69, 9.17) is 9.47 Å². The molecule has 168 valence electrons. The Morgan fingerprint density at radius 2 is 1.72 bits per heavy atom. The summed E-state index contributed by atoms with van der Waals surface area (Å²) in [5.41, 5.74) is 2.37. The highest BCUT2D eigenvalue weighted by Crippen LogP contribution is 2.41. The quantitative estimate of drug-likeness (QED) is 0.400. The summed E-state index contributed by atoms with van der Waals surface area (Å²) >= 11 is 0. The molecule has 0 aromatic heterocycles. The van der Waals surface area contributed by atoms with E-state index in [0.29, 0.717) is 30.0 Å². The molecule has 32 heavy (non-hydrogen) atoms. The molecule has 1 N–H and O–H groups in total. The highest BCUT2D eigenvalue weighted by atomic mass is 16.7. The van der Waals surface area contributed by atoms with Crippen molar-refractivity contribution in [3.8, 4) is 11.5 Å². The summed E-state index contributed by atoms with van der Waals surface area (Å²) in [6, 6.07) is 12.2. The Morgan fingerprint density at radius 1 is 1.03 bits per heavy atom. The lowest BCUT2D eigenvalue weighted by Gasteiger charge is -2.26. The van der Waals surface area contributed by atoms with E-state index >= 15 is 0 Å². The predicted molar refractivity (Wildman–Crippen MR) is 122 cm³/mol. The van der Waals surface area contributed by atoms with Crippen molar-refractivity contribution in [2.24, 2.45) is 0 Å². The molecule has 1 unspecified atom stereocenters. The van der Waals surface area contributed by atoms with Gasteiger partial charge in [-0.1, -0.05) is 19.1 Å². The first-order valence-corrected chi connectivity index (χ1v) is 11.0. The van der Waals surface area contributed by atoms with Crippen molar-refractivity contribution >= 4 is 23.1 Å². The van der Waals surface area contributed by atoms with E-state index in [1.165, 1.54) is 0 Å². The molecular weight excluding hydrogens is 408 g/mol. The normalized spacial score (nSPS) is 19.0. The van der Waals surface area contributed by atoms with E-state index in [1.54, 1.807) is 23.1 Å². The van der Waals surface area contributed by atoms with E-state index in [1.807, 2.05) is 31.2 Å². The third-order valence-electron chi connectivity index (χ3n) is 5.99. The van der Waals surface area contributed by atoms with Crippen LogP contribution in [0.2, 0.25) is 0 Å². The SMILES string of the molecule is CCCN1C(=O)C(=O)/C(=C(\O)c2ccc3c(c2)OCO3)C1c1ccc(N(CC)CC)cc1. The molecule has 2 aliphatic rings. The smallest absolute Gasteiger partial charge is 0.295 e. The number of fused-ring (bicyclic) bond motifs is 1. The summed E-state index contributed by atoms with van der Waals surface area (Å²) in [6.07, 6.45) is 0.700. The highest BCUT2D eigenvalue weighted by molar-refractivity contribution is 6.46. The summed E-state index contributed by atoms with van der Waals surface area (Å²) in [7, 11) is 0. The molecule has 2 aromatic rings. The predicted octanol–water partition coefficient (Wildman–Crippen LogP) is 4.09. The fourth-order valence-electron chi connectivity index (χ4n) is 4.35.